The maximum atomic E-state index is 12.1. The molecule has 1 saturated carbocycles. The standard InChI is InChI=1S/C18H18N2O2/c1-12-11-15(19-17(21)14-7-8-14)9-10-16(12)20-18(22)13-5-3-2-4-6-13/h2-6,9-11,14H,7-8H2,1H3,(H,19,21)(H,20,22). The molecule has 1 aliphatic rings. The van der Waals surface area contributed by atoms with Crippen LogP contribution in [0, 0.1) is 12.8 Å². The molecule has 22 heavy (non-hydrogen) atoms. The predicted octanol–water partition coefficient (Wildman–Crippen LogP) is 3.60. The van der Waals surface area contributed by atoms with E-state index in [-0.39, 0.29) is 17.7 Å². The summed E-state index contributed by atoms with van der Waals surface area (Å²) in [6.45, 7) is 1.91. The Morgan fingerprint density at radius 3 is 2.36 bits per heavy atom. The Morgan fingerprint density at radius 2 is 1.73 bits per heavy atom. The van der Waals surface area contributed by atoms with Crippen molar-refractivity contribution in [3.63, 3.8) is 0 Å². The molecular formula is C18H18N2O2. The third-order valence-electron chi connectivity index (χ3n) is 3.73. The number of amides is 2. The minimum atomic E-state index is -0.140. The molecule has 0 saturated heterocycles. The summed E-state index contributed by atoms with van der Waals surface area (Å²) in [5.74, 6) is 0.122. The van der Waals surface area contributed by atoms with Crippen molar-refractivity contribution in [2.24, 2.45) is 5.92 Å². The number of nitrogens with one attached hydrogen (secondary N) is 2. The first-order valence-electron chi connectivity index (χ1n) is 7.41. The molecule has 112 valence electrons. The van der Waals surface area contributed by atoms with Gasteiger partial charge in [0.15, 0.2) is 0 Å². The number of anilines is 2. The largest absolute Gasteiger partial charge is 0.326 e. The summed E-state index contributed by atoms with van der Waals surface area (Å²) < 4.78 is 0. The third kappa shape index (κ3) is 3.34. The smallest absolute Gasteiger partial charge is 0.255 e. The van der Waals surface area contributed by atoms with Gasteiger partial charge in [-0.15, -0.1) is 0 Å². The molecule has 2 aromatic rings. The van der Waals surface area contributed by atoms with Crippen LogP contribution in [0.15, 0.2) is 48.5 Å². The van der Waals surface area contributed by atoms with E-state index in [1.807, 2.05) is 43.3 Å². The second kappa shape index (κ2) is 6.02. The van der Waals surface area contributed by atoms with E-state index in [1.165, 1.54) is 0 Å². The molecule has 2 amide bonds. The number of hydrogen-bond donors (Lipinski definition) is 2. The number of rotatable bonds is 4. The summed E-state index contributed by atoms with van der Waals surface area (Å²) in [6, 6.07) is 14.6. The van der Waals surface area contributed by atoms with Crippen molar-refractivity contribution >= 4 is 23.2 Å². The summed E-state index contributed by atoms with van der Waals surface area (Å²) in [5.41, 5.74) is 3.05. The van der Waals surface area contributed by atoms with Gasteiger partial charge in [-0.05, 0) is 55.7 Å². The molecule has 0 atom stereocenters. The fourth-order valence-electron chi connectivity index (χ4n) is 2.26. The van der Waals surface area contributed by atoms with Crippen molar-refractivity contribution in [1.29, 1.82) is 0 Å². The van der Waals surface area contributed by atoms with E-state index < -0.39 is 0 Å². The minimum absolute atomic E-state index is 0.0838. The molecule has 0 aliphatic heterocycles. The molecule has 4 heteroatoms. The van der Waals surface area contributed by atoms with Crippen molar-refractivity contribution < 1.29 is 9.59 Å². The fraction of sp³-hybridized carbons (Fsp3) is 0.222. The molecule has 2 N–H and O–H groups in total. The van der Waals surface area contributed by atoms with Crippen molar-refractivity contribution in [2.75, 3.05) is 10.6 Å². The predicted molar refractivity (Wildman–Crippen MR) is 86.9 cm³/mol. The van der Waals surface area contributed by atoms with Gasteiger partial charge in [-0.1, -0.05) is 18.2 Å². The average molecular weight is 294 g/mol. The highest BCUT2D eigenvalue weighted by Gasteiger charge is 2.29. The van der Waals surface area contributed by atoms with E-state index in [4.69, 9.17) is 0 Å². The van der Waals surface area contributed by atoms with Gasteiger partial charge in [-0.3, -0.25) is 9.59 Å². The lowest BCUT2D eigenvalue weighted by Gasteiger charge is -2.11. The van der Waals surface area contributed by atoms with Crippen molar-refractivity contribution in [2.45, 2.75) is 19.8 Å². The van der Waals surface area contributed by atoms with E-state index >= 15 is 0 Å². The van der Waals surface area contributed by atoms with E-state index in [0.29, 0.717) is 5.56 Å². The zero-order valence-corrected chi connectivity index (χ0v) is 12.4. The van der Waals surface area contributed by atoms with E-state index in [0.717, 1.165) is 29.8 Å². The Labute approximate surface area is 129 Å². The lowest BCUT2D eigenvalue weighted by Crippen LogP contribution is -2.15. The van der Waals surface area contributed by atoms with E-state index in [9.17, 15) is 9.59 Å². The molecule has 2 aromatic carbocycles. The lowest BCUT2D eigenvalue weighted by molar-refractivity contribution is -0.117. The van der Waals surface area contributed by atoms with Crippen LogP contribution >= 0.6 is 0 Å². The summed E-state index contributed by atoms with van der Waals surface area (Å²) in [4.78, 5) is 23.9. The van der Waals surface area contributed by atoms with Crippen LogP contribution in [-0.2, 0) is 4.79 Å². The highest BCUT2D eigenvalue weighted by atomic mass is 16.2. The molecular weight excluding hydrogens is 276 g/mol. The average Bonchev–Trinajstić information content (AvgIpc) is 3.35. The van der Waals surface area contributed by atoms with Crippen LogP contribution in [-0.4, -0.2) is 11.8 Å². The quantitative estimate of drug-likeness (QED) is 0.905. The van der Waals surface area contributed by atoms with Gasteiger partial charge in [0.1, 0.15) is 0 Å². The summed E-state index contributed by atoms with van der Waals surface area (Å²) in [5, 5.41) is 5.80. The van der Waals surface area contributed by atoms with Gasteiger partial charge in [0.25, 0.3) is 5.91 Å². The highest BCUT2D eigenvalue weighted by Crippen LogP contribution is 2.30. The van der Waals surface area contributed by atoms with Crippen LogP contribution in [0.2, 0.25) is 0 Å². The Bertz CT molecular complexity index is 706. The number of hydrogen-bond acceptors (Lipinski definition) is 2. The Morgan fingerprint density at radius 1 is 1.00 bits per heavy atom. The van der Waals surface area contributed by atoms with Crippen LogP contribution in [0.1, 0.15) is 28.8 Å². The molecule has 0 spiro atoms. The number of benzene rings is 2. The van der Waals surface area contributed by atoms with Gasteiger partial charge >= 0.3 is 0 Å². The molecule has 0 radical (unpaired) electrons. The third-order valence-corrected chi connectivity index (χ3v) is 3.73. The molecule has 0 heterocycles. The zero-order valence-electron chi connectivity index (χ0n) is 12.4. The summed E-state index contributed by atoms with van der Waals surface area (Å²) in [6.07, 6.45) is 1.96. The zero-order chi connectivity index (χ0) is 15.5. The topological polar surface area (TPSA) is 58.2 Å². The molecule has 0 bridgehead atoms. The Kier molecular flexibility index (Phi) is 3.92. The van der Waals surface area contributed by atoms with Crippen LogP contribution in [0.3, 0.4) is 0 Å². The number of carbonyl (C=O) groups excluding carboxylic acids is 2. The molecule has 0 unspecified atom stereocenters. The van der Waals surface area contributed by atoms with Crippen molar-refractivity contribution in [1.82, 2.24) is 0 Å². The molecule has 1 fully saturated rings. The lowest BCUT2D eigenvalue weighted by atomic mass is 10.1. The first-order valence-corrected chi connectivity index (χ1v) is 7.41. The Balaban J connectivity index is 1.69. The van der Waals surface area contributed by atoms with Gasteiger partial charge < -0.3 is 10.6 Å². The van der Waals surface area contributed by atoms with Crippen LogP contribution in [0.25, 0.3) is 0 Å². The summed E-state index contributed by atoms with van der Waals surface area (Å²) >= 11 is 0. The maximum absolute atomic E-state index is 12.1. The van der Waals surface area contributed by atoms with Crippen LogP contribution < -0.4 is 10.6 Å². The minimum Gasteiger partial charge on any atom is -0.326 e. The van der Waals surface area contributed by atoms with Gasteiger partial charge in [0, 0.05) is 22.9 Å². The van der Waals surface area contributed by atoms with Crippen LogP contribution in [0.5, 0.6) is 0 Å². The summed E-state index contributed by atoms with van der Waals surface area (Å²) in [7, 11) is 0. The first-order chi connectivity index (χ1) is 10.6. The van der Waals surface area contributed by atoms with Crippen molar-refractivity contribution in [3.8, 4) is 0 Å². The number of aryl methyl sites for hydroxylation is 1. The van der Waals surface area contributed by atoms with Gasteiger partial charge in [0.05, 0.1) is 0 Å². The molecule has 4 nitrogen and oxygen atoms in total. The number of carbonyl (C=O) groups is 2. The fourth-order valence-corrected chi connectivity index (χ4v) is 2.26. The highest BCUT2D eigenvalue weighted by molar-refractivity contribution is 6.04. The molecule has 0 aromatic heterocycles. The first kappa shape index (κ1) is 14.3. The molecule has 1 aliphatic carbocycles. The SMILES string of the molecule is Cc1cc(NC(=O)C2CC2)ccc1NC(=O)c1ccccc1. The second-order valence-corrected chi connectivity index (χ2v) is 5.61. The van der Waals surface area contributed by atoms with Crippen LogP contribution in [0.4, 0.5) is 11.4 Å². The van der Waals surface area contributed by atoms with E-state index in [2.05, 4.69) is 10.6 Å². The van der Waals surface area contributed by atoms with Gasteiger partial charge in [-0.2, -0.15) is 0 Å². The normalized spacial score (nSPS) is 13.5. The Hall–Kier alpha value is -2.62. The van der Waals surface area contributed by atoms with Gasteiger partial charge in [-0.25, -0.2) is 0 Å². The molecule has 3 rings (SSSR count). The van der Waals surface area contributed by atoms with Gasteiger partial charge in [0.2, 0.25) is 5.91 Å². The van der Waals surface area contributed by atoms with E-state index in [1.54, 1.807) is 12.1 Å². The van der Waals surface area contributed by atoms with Crippen molar-refractivity contribution in [3.05, 3.63) is 59.7 Å². The maximum Gasteiger partial charge on any atom is 0.255 e. The monoisotopic (exact) mass is 294 g/mol. The second-order valence-electron chi connectivity index (χ2n) is 5.61.